The minimum atomic E-state index is -0.208. The molecule has 0 spiro atoms. The Bertz CT molecular complexity index is 1430. The fraction of sp³-hybridized carbons (Fsp3) is 0.280. The molecule has 0 atom stereocenters. The highest BCUT2D eigenvalue weighted by molar-refractivity contribution is 6.30. The number of hydrogen-bond donors (Lipinski definition) is 1. The second-order valence-electron chi connectivity index (χ2n) is 8.33. The van der Waals surface area contributed by atoms with Crippen molar-refractivity contribution < 1.29 is 4.74 Å². The molecule has 0 unspecified atom stereocenters. The molecule has 1 aliphatic heterocycles. The summed E-state index contributed by atoms with van der Waals surface area (Å²) in [7, 11) is 0. The third-order valence-electron chi connectivity index (χ3n) is 6.23. The molecule has 5 rings (SSSR count). The van der Waals surface area contributed by atoms with Gasteiger partial charge in [-0.1, -0.05) is 41.9 Å². The van der Waals surface area contributed by atoms with Crippen molar-refractivity contribution in [1.82, 2.24) is 19.2 Å². The van der Waals surface area contributed by atoms with Gasteiger partial charge in [0.1, 0.15) is 0 Å². The topological polar surface area (TPSA) is 72.3 Å². The minimum Gasteiger partial charge on any atom is -0.379 e. The molecule has 1 fully saturated rings. The van der Waals surface area contributed by atoms with Gasteiger partial charge in [-0.15, -0.1) is 0 Å². The smallest absolute Gasteiger partial charge is 0.280 e. The maximum atomic E-state index is 13.3. The SMILES string of the molecule is Cc1c2c(=O)n(-c3cccc(Cl)c3)[nH]c2cc(=O)n1Cc1ccccc1CN1CCOCC1. The Morgan fingerprint density at radius 1 is 0.970 bits per heavy atom. The van der Waals surface area contributed by atoms with Gasteiger partial charge in [0, 0.05) is 36.4 Å². The van der Waals surface area contributed by atoms with Crippen LogP contribution in [0.25, 0.3) is 16.6 Å². The summed E-state index contributed by atoms with van der Waals surface area (Å²) in [6, 6.07) is 16.7. The van der Waals surface area contributed by atoms with Gasteiger partial charge in [0.2, 0.25) is 0 Å². The Balaban J connectivity index is 1.54. The summed E-state index contributed by atoms with van der Waals surface area (Å²) in [5.74, 6) is 0. The standard InChI is InChI=1S/C25H25ClN4O3/c1-17-24-22(27-30(25(24)32)21-8-4-7-20(26)13-21)14-23(31)29(17)16-19-6-3-2-5-18(19)15-28-9-11-33-12-10-28/h2-8,13-14,27H,9-12,15-16H2,1H3. The second-order valence-corrected chi connectivity index (χ2v) is 8.77. The number of aromatic nitrogens is 3. The number of halogens is 1. The minimum absolute atomic E-state index is 0.152. The van der Waals surface area contributed by atoms with Gasteiger partial charge in [-0.25, -0.2) is 4.68 Å². The Hall–Kier alpha value is -3.13. The molecule has 0 amide bonds. The van der Waals surface area contributed by atoms with Crippen LogP contribution in [0.5, 0.6) is 0 Å². The maximum Gasteiger partial charge on any atom is 0.280 e. The molecule has 0 bridgehead atoms. The number of nitrogens with zero attached hydrogens (tertiary/aromatic N) is 3. The van der Waals surface area contributed by atoms with Gasteiger partial charge in [-0.3, -0.25) is 19.6 Å². The Morgan fingerprint density at radius 2 is 1.70 bits per heavy atom. The number of fused-ring (bicyclic) bond motifs is 1. The van der Waals surface area contributed by atoms with Crippen LogP contribution in [0, 0.1) is 6.92 Å². The predicted octanol–water partition coefficient (Wildman–Crippen LogP) is 3.32. The van der Waals surface area contributed by atoms with Gasteiger partial charge in [-0.2, -0.15) is 0 Å². The van der Waals surface area contributed by atoms with E-state index in [1.807, 2.05) is 25.1 Å². The first-order chi connectivity index (χ1) is 16.0. The van der Waals surface area contributed by atoms with E-state index in [0.29, 0.717) is 33.9 Å². The van der Waals surface area contributed by atoms with Gasteiger partial charge in [0.15, 0.2) is 0 Å². The van der Waals surface area contributed by atoms with Crippen molar-refractivity contribution in [3.8, 4) is 5.69 Å². The Morgan fingerprint density at radius 3 is 2.42 bits per heavy atom. The van der Waals surface area contributed by atoms with E-state index in [-0.39, 0.29) is 11.1 Å². The molecule has 2 aromatic heterocycles. The van der Waals surface area contributed by atoms with Gasteiger partial charge < -0.3 is 9.30 Å². The molecule has 3 heterocycles. The van der Waals surface area contributed by atoms with Crippen LogP contribution in [-0.4, -0.2) is 45.6 Å². The highest BCUT2D eigenvalue weighted by atomic mass is 35.5. The van der Waals surface area contributed by atoms with Crippen LogP contribution in [0.1, 0.15) is 16.8 Å². The van der Waals surface area contributed by atoms with Crippen LogP contribution >= 0.6 is 11.6 Å². The molecular weight excluding hydrogens is 440 g/mol. The fourth-order valence-corrected chi connectivity index (χ4v) is 4.62. The largest absolute Gasteiger partial charge is 0.379 e. The van der Waals surface area contributed by atoms with Crippen LogP contribution in [-0.2, 0) is 17.8 Å². The number of nitrogens with one attached hydrogen (secondary N) is 1. The Labute approximate surface area is 195 Å². The quantitative estimate of drug-likeness (QED) is 0.492. The first-order valence-corrected chi connectivity index (χ1v) is 11.4. The van der Waals surface area contributed by atoms with Crippen molar-refractivity contribution in [3.05, 3.63) is 97.1 Å². The van der Waals surface area contributed by atoms with E-state index in [1.54, 1.807) is 28.8 Å². The summed E-state index contributed by atoms with van der Waals surface area (Å²) in [4.78, 5) is 28.7. The van der Waals surface area contributed by atoms with Gasteiger partial charge >= 0.3 is 0 Å². The number of ether oxygens (including phenoxy) is 1. The zero-order valence-electron chi connectivity index (χ0n) is 18.4. The number of rotatable bonds is 5. The molecule has 8 heteroatoms. The van der Waals surface area contributed by atoms with Crippen molar-refractivity contribution in [2.24, 2.45) is 0 Å². The van der Waals surface area contributed by atoms with Crippen molar-refractivity contribution in [1.29, 1.82) is 0 Å². The third-order valence-corrected chi connectivity index (χ3v) is 6.47. The molecule has 170 valence electrons. The molecule has 0 radical (unpaired) electrons. The summed E-state index contributed by atoms with van der Waals surface area (Å²) in [6.07, 6.45) is 0. The summed E-state index contributed by atoms with van der Waals surface area (Å²) in [5.41, 5.74) is 3.66. The van der Waals surface area contributed by atoms with Crippen LogP contribution < -0.4 is 11.1 Å². The molecule has 2 aromatic carbocycles. The number of pyridine rings is 1. The van der Waals surface area contributed by atoms with Crippen LogP contribution in [0.4, 0.5) is 0 Å². The van der Waals surface area contributed by atoms with Crippen molar-refractivity contribution in [2.45, 2.75) is 20.0 Å². The number of aromatic amines is 1. The van der Waals surface area contributed by atoms with Gasteiger partial charge in [0.05, 0.1) is 36.3 Å². The zero-order valence-corrected chi connectivity index (χ0v) is 19.1. The lowest BCUT2D eigenvalue weighted by molar-refractivity contribution is 0.0340. The molecular formula is C25H25ClN4O3. The van der Waals surface area contributed by atoms with E-state index in [0.717, 1.165) is 38.4 Å². The zero-order chi connectivity index (χ0) is 22.9. The summed E-state index contributed by atoms with van der Waals surface area (Å²) in [5, 5.41) is 4.09. The van der Waals surface area contributed by atoms with E-state index in [2.05, 4.69) is 16.1 Å². The normalized spacial score (nSPS) is 14.7. The number of benzene rings is 2. The molecule has 4 aromatic rings. The number of morpholine rings is 1. The lowest BCUT2D eigenvalue weighted by atomic mass is 10.1. The van der Waals surface area contributed by atoms with Gasteiger partial charge in [-0.05, 0) is 36.2 Å². The first kappa shape index (κ1) is 21.7. The predicted molar refractivity (Wildman–Crippen MR) is 130 cm³/mol. The maximum absolute atomic E-state index is 13.3. The monoisotopic (exact) mass is 464 g/mol. The number of hydrogen-bond acceptors (Lipinski definition) is 4. The summed E-state index contributed by atoms with van der Waals surface area (Å²) < 4.78 is 8.57. The van der Waals surface area contributed by atoms with Crippen molar-refractivity contribution >= 4 is 22.5 Å². The van der Waals surface area contributed by atoms with E-state index >= 15 is 0 Å². The van der Waals surface area contributed by atoms with E-state index < -0.39 is 0 Å². The molecule has 1 N–H and O–H groups in total. The molecule has 7 nitrogen and oxygen atoms in total. The van der Waals surface area contributed by atoms with E-state index in [4.69, 9.17) is 16.3 Å². The first-order valence-electron chi connectivity index (χ1n) is 11.0. The third kappa shape index (κ3) is 4.27. The second kappa shape index (κ2) is 9.02. The average molecular weight is 465 g/mol. The molecule has 0 saturated carbocycles. The number of H-pyrrole nitrogens is 1. The van der Waals surface area contributed by atoms with E-state index in [1.165, 1.54) is 16.3 Å². The van der Waals surface area contributed by atoms with Crippen molar-refractivity contribution in [3.63, 3.8) is 0 Å². The molecule has 1 saturated heterocycles. The average Bonchev–Trinajstić information content (AvgIpc) is 3.14. The van der Waals surface area contributed by atoms with Crippen LogP contribution in [0.2, 0.25) is 5.02 Å². The molecule has 0 aliphatic carbocycles. The highest BCUT2D eigenvalue weighted by Crippen LogP contribution is 2.19. The summed E-state index contributed by atoms with van der Waals surface area (Å²) >= 11 is 6.11. The Kier molecular flexibility index (Phi) is 5.93. The lowest BCUT2D eigenvalue weighted by Crippen LogP contribution is -2.36. The van der Waals surface area contributed by atoms with Crippen LogP contribution in [0.3, 0.4) is 0 Å². The lowest BCUT2D eigenvalue weighted by Gasteiger charge is -2.27. The molecule has 33 heavy (non-hydrogen) atoms. The highest BCUT2D eigenvalue weighted by Gasteiger charge is 2.17. The number of aryl methyl sites for hydroxylation is 1. The fourth-order valence-electron chi connectivity index (χ4n) is 4.44. The van der Waals surface area contributed by atoms with Crippen LogP contribution in [0.15, 0.2) is 64.2 Å². The van der Waals surface area contributed by atoms with Crippen molar-refractivity contribution in [2.75, 3.05) is 26.3 Å². The molecule has 1 aliphatic rings. The van der Waals surface area contributed by atoms with Gasteiger partial charge in [0.25, 0.3) is 11.1 Å². The summed E-state index contributed by atoms with van der Waals surface area (Å²) in [6.45, 7) is 6.31. The van der Waals surface area contributed by atoms with E-state index in [9.17, 15) is 9.59 Å².